The fraction of sp³-hybridized carbons (Fsp3) is 0.375. The number of phenolic OH excluding ortho intramolecular Hbond substituents is 1. The normalized spacial score (nSPS) is 13.8. The lowest BCUT2D eigenvalue weighted by molar-refractivity contribution is -0.139. The van der Waals surface area contributed by atoms with Gasteiger partial charge in [0.05, 0.1) is 6.04 Å². The second-order valence-electron chi connectivity index (χ2n) is 8.20. The second kappa shape index (κ2) is 11.9. The lowest BCUT2D eigenvalue weighted by Crippen LogP contribution is -2.55. The molecule has 0 aliphatic carbocycles. The van der Waals surface area contributed by atoms with Gasteiger partial charge in [0.1, 0.15) is 17.8 Å². The zero-order valence-electron chi connectivity index (χ0n) is 18.5. The highest BCUT2D eigenvalue weighted by atomic mass is 16.4. The Labute approximate surface area is 188 Å². The van der Waals surface area contributed by atoms with Crippen molar-refractivity contribution in [2.24, 2.45) is 5.92 Å². The molecule has 2 amide bonds. The summed E-state index contributed by atoms with van der Waals surface area (Å²) in [5.74, 6) is -1.67. The number of hydrogen-bond acceptors (Lipinski definition) is 5. The van der Waals surface area contributed by atoms with Crippen LogP contribution in [-0.2, 0) is 20.8 Å². The van der Waals surface area contributed by atoms with Gasteiger partial charge in [-0.15, -0.1) is 0 Å². The molecule has 3 atom stereocenters. The number of hydrogen-bond donors (Lipinski definition) is 5. The third-order valence-corrected chi connectivity index (χ3v) is 4.90. The average molecular weight is 442 g/mol. The van der Waals surface area contributed by atoms with E-state index in [0.29, 0.717) is 12.1 Å². The molecule has 0 radical (unpaired) electrons. The lowest BCUT2D eigenvalue weighted by Gasteiger charge is -2.25. The molecule has 172 valence electrons. The van der Waals surface area contributed by atoms with Crippen LogP contribution in [0.3, 0.4) is 0 Å². The lowest BCUT2D eigenvalue weighted by atomic mass is 10.0. The van der Waals surface area contributed by atoms with E-state index in [9.17, 15) is 24.6 Å². The van der Waals surface area contributed by atoms with Crippen molar-refractivity contribution in [2.75, 3.05) is 5.32 Å². The standard InChI is InChI=1S/C24H31N3O5/c1-15(2)13-20(22(29)26-18-7-5-4-6-8-18)27-23(30)21(25-16(3)24(31)32)14-17-9-11-19(28)12-10-17/h4-12,15-16,20-21,25,28H,13-14H2,1-3H3,(H,26,29)(H,27,30)(H,31,32)/t16?,20-,21-/m0/s1. The van der Waals surface area contributed by atoms with E-state index >= 15 is 0 Å². The molecule has 2 aromatic rings. The first-order valence-electron chi connectivity index (χ1n) is 10.6. The number of aliphatic carboxylic acids is 1. The molecule has 0 aliphatic heterocycles. The SMILES string of the molecule is CC(C)C[C@H](NC(=O)[C@H](Cc1ccc(O)cc1)NC(C)C(=O)O)C(=O)Nc1ccccc1. The number of rotatable bonds is 11. The molecule has 0 aliphatic rings. The van der Waals surface area contributed by atoms with Crippen LogP contribution in [0.4, 0.5) is 5.69 Å². The average Bonchev–Trinajstić information content (AvgIpc) is 2.74. The number of benzene rings is 2. The number of carbonyl (C=O) groups is 3. The molecule has 1 unspecified atom stereocenters. The highest BCUT2D eigenvalue weighted by molar-refractivity contribution is 5.98. The van der Waals surface area contributed by atoms with E-state index in [0.717, 1.165) is 5.56 Å². The summed E-state index contributed by atoms with van der Waals surface area (Å²) in [6.07, 6.45) is 0.614. The van der Waals surface area contributed by atoms with E-state index < -0.39 is 30.0 Å². The number of phenols is 1. The van der Waals surface area contributed by atoms with Crippen LogP contribution >= 0.6 is 0 Å². The summed E-state index contributed by atoms with van der Waals surface area (Å²) in [6.45, 7) is 5.36. The van der Waals surface area contributed by atoms with Crippen molar-refractivity contribution in [3.8, 4) is 5.75 Å². The molecular formula is C24H31N3O5. The first-order valence-corrected chi connectivity index (χ1v) is 10.6. The summed E-state index contributed by atoms with van der Waals surface area (Å²) in [5.41, 5.74) is 1.36. The van der Waals surface area contributed by atoms with Crippen LogP contribution in [0.25, 0.3) is 0 Å². The Morgan fingerprint density at radius 2 is 1.50 bits per heavy atom. The van der Waals surface area contributed by atoms with Crippen molar-refractivity contribution in [1.29, 1.82) is 0 Å². The fourth-order valence-corrected chi connectivity index (χ4v) is 3.19. The molecule has 0 saturated heterocycles. The number of carbonyl (C=O) groups excluding carboxylic acids is 2. The molecule has 8 nitrogen and oxygen atoms in total. The predicted octanol–water partition coefficient (Wildman–Crippen LogP) is 2.54. The Hall–Kier alpha value is -3.39. The van der Waals surface area contributed by atoms with Crippen molar-refractivity contribution < 1.29 is 24.6 Å². The van der Waals surface area contributed by atoms with Gasteiger partial charge in [0.25, 0.3) is 0 Å². The third kappa shape index (κ3) is 8.03. The van der Waals surface area contributed by atoms with E-state index in [-0.39, 0.29) is 24.0 Å². The minimum absolute atomic E-state index is 0.0937. The molecule has 0 bridgehead atoms. The summed E-state index contributed by atoms with van der Waals surface area (Å²) in [4.78, 5) is 37.3. The Balaban J connectivity index is 2.18. The molecule has 0 heterocycles. The van der Waals surface area contributed by atoms with Crippen molar-refractivity contribution in [1.82, 2.24) is 10.6 Å². The number of anilines is 1. The molecule has 2 aromatic carbocycles. The van der Waals surface area contributed by atoms with E-state index in [1.807, 2.05) is 19.9 Å². The molecular weight excluding hydrogens is 410 g/mol. The van der Waals surface area contributed by atoms with Crippen LogP contribution in [-0.4, -0.2) is 46.1 Å². The van der Waals surface area contributed by atoms with E-state index in [1.54, 1.807) is 36.4 Å². The summed E-state index contributed by atoms with van der Waals surface area (Å²) in [5, 5.41) is 27.2. The Bertz CT molecular complexity index is 900. The smallest absolute Gasteiger partial charge is 0.320 e. The minimum Gasteiger partial charge on any atom is -0.508 e. The van der Waals surface area contributed by atoms with E-state index in [4.69, 9.17) is 0 Å². The number of nitrogens with one attached hydrogen (secondary N) is 3. The quantitative estimate of drug-likeness (QED) is 0.365. The molecule has 0 aromatic heterocycles. The number of para-hydroxylation sites is 1. The van der Waals surface area contributed by atoms with Crippen LogP contribution in [0.15, 0.2) is 54.6 Å². The van der Waals surface area contributed by atoms with Gasteiger partial charge < -0.3 is 20.8 Å². The Kier molecular flexibility index (Phi) is 9.22. The molecule has 5 N–H and O–H groups in total. The highest BCUT2D eigenvalue weighted by Gasteiger charge is 2.28. The van der Waals surface area contributed by atoms with Crippen LogP contribution in [0.1, 0.15) is 32.8 Å². The van der Waals surface area contributed by atoms with Gasteiger partial charge >= 0.3 is 5.97 Å². The minimum atomic E-state index is -1.09. The number of carboxylic acids is 1. The number of carboxylic acid groups (broad SMARTS) is 1. The predicted molar refractivity (Wildman–Crippen MR) is 122 cm³/mol. The zero-order valence-corrected chi connectivity index (χ0v) is 18.5. The van der Waals surface area contributed by atoms with E-state index in [1.165, 1.54) is 19.1 Å². The molecule has 8 heteroatoms. The summed E-state index contributed by atoms with van der Waals surface area (Å²) >= 11 is 0. The van der Waals surface area contributed by atoms with Crippen LogP contribution in [0, 0.1) is 5.92 Å². The Morgan fingerprint density at radius 1 is 0.875 bits per heavy atom. The van der Waals surface area contributed by atoms with Gasteiger partial charge in [-0.2, -0.15) is 0 Å². The van der Waals surface area contributed by atoms with Crippen molar-refractivity contribution >= 4 is 23.5 Å². The molecule has 0 saturated carbocycles. The van der Waals surface area contributed by atoms with E-state index in [2.05, 4.69) is 16.0 Å². The van der Waals surface area contributed by atoms with Crippen molar-refractivity contribution in [3.05, 3.63) is 60.2 Å². The number of amides is 2. The summed E-state index contributed by atoms with van der Waals surface area (Å²) in [6, 6.07) is 12.7. The monoisotopic (exact) mass is 441 g/mol. The van der Waals surface area contributed by atoms with Crippen molar-refractivity contribution in [3.63, 3.8) is 0 Å². The topological polar surface area (TPSA) is 128 Å². The third-order valence-electron chi connectivity index (χ3n) is 4.90. The molecule has 2 rings (SSSR count). The largest absolute Gasteiger partial charge is 0.508 e. The van der Waals surface area contributed by atoms with Gasteiger partial charge in [-0.25, -0.2) is 0 Å². The first kappa shape index (κ1) is 24.9. The van der Waals surface area contributed by atoms with Crippen LogP contribution in [0.5, 0.6) is 5.75 Å². The first-order chi connectivity index (χ1) is 15.2. The zero-order chi connectivity index (χ0) is 23.7. The van der Waals surface area contributed by atoms with Crippen molar-refractivity contribution in [2.45, 2.75) is 51.7 Å². The van der Waals surface area contributed by atoms with Gasteiger partial charge in [-0.3, -0.25) is 19.7 Å². The summed E-state index contributed by atoms with van der Waals surface area (Å²) < 4.78 is 0. The summed E-state index contributed by atoms with van der Waals surface area (Å²) in [7, 11) is 0. The molecule has 32 heavy (non-hydrogen) atoms. The van der Waals surface area contributed by atoms with Gasteiger partial charge in [0.15, 0.2) is 0 Å². The van der Waals surface area contributed by atoms with Gasteiger partial charge in [0.2, 0.25) is 11.8 Å². The molecule has 0 spiro atoms. The van der Waals surface area contributed by atoms with Gasteiger partial charge in [0, 0.05) is 5.69 Å². The van der Waals surface area contributed by atoms with Gasteiger partial charge in [-0.1, -0.05) is 44.2 Å². The maximum Gasteiger partial charge on any atom is 0.320 e. The maximum absolute atomic E-state index is 13.1. The van der Waals surface area contributed by atoms with Crippen LogP contribution < -0.4 is 16.0 Å². The highest BCUT2D eigenvalue weighted by Crippen LogP contribution is 2.14. The second-order valence-corrected chi connectivity index (χ2v) is 8.20. The molecule has 0 fully saturated rings. The fourth-order valence-electron chi connectivity index (χ4n) is 3.19. The van der Waals surface area contributed by atoms with Gasteiger partial charge in [-0.05, 0) is 55.5 Å². The maximum atomic E-state index is 13.1. The van der Waals surface area contributed by atoms with Crippen LogP contribution in [0.2, 0.25) is 0 Å². The number of aromatic hydroxyl groups is 1. The Morgan fingerprint density at radius 3 is 2.06 bits per heavy atom.